The smallest absolute Gasteiger partial charge is 0.258 e. The highest BCUT2D eigenvalue weighted by Gasteiger charge is 2.31. The molecule has 0 aromatic heterocycles. The number of aryl methyl sites for hydroxylation is 1. The molecular weight excluding hydrogens is 266 g/mol. The predicted molar refractivity (Wildman–Crippen MR) is 81.9 cm³/mol. The second-order valence-electron chi connectivity index (χ2n) is 6.78. The Morgan fingerprint density at radius 1 is 1.38 bits per heavy atom. The van der Waals surface area contributed by atoms with Crippen LogP contribution in [0.3, 0.4) is 0 Å². The van der Waals surface area contributed by atoms with Gasteiger partial charge in [-0.05, 0) is 50.8 Å². The number of benzene rings is 1. The van der Waals surface area contributed by atoms with Crippen molar-refractivity contribution in [3.05, 3.63) is 28.8 Å². The zero-order valence-electron chi connectivity index (χ0n) is 13.4. The second kappa shape index (κ2) is 5.51. The molecule has 0 fully saturated rings. The van der Waals surface area contributed by atoms with Crippen LogP contribution >= 0.6 is 0 Å². The van der Waals surface area contributed by atoms with Crippen molar-refractivity contribution in [2.45, 2.75) is 52.5 Å². The van der Waals surface area contributed by atoms with Gasteiger partial charge in [0.05, 0.1) is 5.56 Å². The van der Waals surface area contributed by atoms with Crippen LogP contribution in [-0.2, 0) is 4.79 Å². The third-order valence-electron chi connectivity index (χ3n) is 3.56. The standard InChI is InChI=1S/C17H23NO3/c1-10-6-7-13(16-12(19)8-11(2)15(10)16)21-9-14(20)18-17(3,4)5/h6-7,11H,8-9H2,1-5H3,(H,18,20)/t11-/m1/s1. The first-order valence-corrected chi connectivity index (χ1v) is 7.29. The average molecular weight is 289 g/mol. The van der Waals surface area contributed by atoms with E-state index < -0.39 is 0 Å². The number of rotatable bonds is 3. The highest BCUT2D eigenvalue weighted by atomic mass is 16.5. The fraction of sp³-hybridized carbons (Fsp3) is 0.529. The van der Waals surface area contributed by atoms with E-state index in [0.717, 1.165) is 11.1 Å². The van der Waals surface area contributed by atoms with Crippen molar-refractivity contribution < 1.29 is 14.3 Å². The van der Waals surface area contributed by atoms with Gasteiger partial charge in [-0.1, -0.05) is 13.0 Å². The summed E-state index contributed by atoms with van der Waals surface area (Å²) in [6, 6.07) is 3.74. The van der Waals surface area contributed by atoms with Gasteiger partial charge >= 0.3 is 0 Å². The molecule has 1 amide bonds. The number of ether oxygens (including phenoxy) is 1. The summed E-state index contributed by atoms with van der Waals surface area (Å²) in [5.74, 6) is 0.663. The van der Waals surface area contributed by atoms with E-state index >= 15 is 0 Å². The lowest BCUT2D eigenvalue weighted by Gasteiger charge is -2.21. The number of hydrogen-bond donors (Lipinski definition) is 1. The van der Waals surface area contributed by atoms with Crippen LogP contribution in [0.1, 0.15) is 61.5 Å². The molecule has 0 heterocycles. The van der Waals surface area contributed by atoms with E-state index in [1.54, 1.807) is 6.07 Å². The minimum Gasteiger partial charge on any atom is -0.483 e. The van der Waals surface area contributed by atoms with Crippen molar-refractivity contribution in [1.29, 1.82) is 0 Å². The Bertz CT molecular complexity index is 584. The predicted octanol–water partition coefficient (Wildman–Crippen LogP) is 2.98. The highest BCUT2D eigenvalue weighted by molar-refractivity contribution is 6.04. The molecule has 0 saturated carbocycles. The molecule has 1 aromatic carbocycles. The number of Topliss-reactive ketones (excluding diaryl/α,β-unsaturated/α-hetero) is 1. The van der Waals surface area contributed by atoms with Crippen molar-refractivity contribution in [2.24, 2.45) is 0 Å². The Balaban J connectivity index is 2.16. The third kappa shape index (κ3) is 3.43. The summed E-state index contributed by atoms with van der Waals surface area (Å²) < 4.78 is 5.60. The summed E-state index contributed by atoms with van der Waals surface area (Å²) in [6.45, 7) is 9.73. The van der Waals surface area contributed by atoms with Gasteiger partial charge < -0.3 is 10.1 Å². The molecule has 1 aliphatic rings. The maximum atomic E-state index is 12.1. The first-order valence-electron chi connectivity index (χ1n) is 7.29. The summed E-state index contributed by atoms with van der Waals surface area (Å²) in [6.07, 6.45) is 0.519. The van der Waals surface area contributed by atoms with E-state index in [1.807, 2.05) is 40.7 Å². The average Bonchev–Trinajstić information content (AvgIpc) is 2.63. The molecule has 0 aliphatic heterocycles. The van der Waals surface area contributed by atoms with Crippen molar-refractivity contribution in [1.82, 2.24) is 5.32 Å². The molecule has 1 N–H and O–H groups in total. The Hall–Kier alpha value is -1.84. The third-order valence-corrected chi connectivity index (χ3v) is 3.56. The van der Waals surface area contributed by atoms with Crippen LogP contribution in [0.5, 0.6) is 5.75 Å². The van der Waals surface area contributed by atoms with Crippen LogP contribution in [0, 0.1) is 6.92 Å². The van der Waals surface area contributed by atoms with Gasteiger partial charge in [-0.25, -0.2) is 0 Å². The van der Waals surface area contributed by atoms with E-state index in [0.29, 0.717) is 17.7 Å². The number of hydrogen-bond acceptors (Lipinski definition) is 3. The monoisotopic (exact) mass is 289 g/mol. The quantitative estimate of drug-likeness (QED) is 0.930. The Morgan fingerprint density at radius 2 is 2.05 bits per heavy atom. The molecule has 0 radical (unpaired) electrons. The number of carbonyl (C=O) groups excluding carboxylic acids is 2. The van der Waals surface area contributed by atoms with E-state index in [1.165, 1.54) is 0 Å². The zero-order chi connectivity index (χ0) is 15.8. The number of carbonyl (C=O) groups is 2. The summed E-state index contributed by atoms with van der Waals surface area (Å²) in [4.78, 5) is 24.0. The number of amides is 1. The van der Waals surface area contributed by atoms with Crippen molar-refractivity contribution in [3.8, 4) is 5.75 Å². The molecule has 0 unspecified atom stereocenters. The lowest BCUT2D eigenvalue weighted by molar-refractivity contribution is -0.124. The van der Waals surface area contributed by atoms with Gasteiger partial charge in [-0.15, -0.1) is 0 Å². The van der Waals surface area contributed by atoms with E-state index in [9.17, 15) is 9.59 Å². The lowest BCUT2D eigenvalue weighted by atomic mass is 9.97. The molecule has 114 valence electrons. The summed E-state index contributed by atoms with van der Waals surface area (Å²) >= 11 is 0. The van der Waals surface area contributed by atoms with Crippen LogP contribution in [0.25, 0.3) is 0 Å². The van der Waals surface area contributed by atoms with Gasteiger partial charge in [0.15, 0.2) is 12.4 Å². The molecule has 0 bridgehead atoms. The van der Waals surface area contributed by atoms with Crippen LogP contribution in [0.2, 0.25) is 0 Å². The lowest BCUT2D eigenvalue weighted by Crippen LogP contribution is -2.43. The number of fused-ring (bicyclic) bond motifs is 1. The summed E-state index contributed by atoms with van der Waals surface area (Å²) in [5, 5.41) is 2.84. The van der Waals surface area contributed by atoms with Gasteiger partial charge in [-0.3, -0.25) is 9.59 Å². The van der Waals surface area contributed by atoms with Crippen LogP contribution in [0.15, 0.2) is 12.1 Å². The topological polar surface area (TPSA) is 55.4 Å². The first kappa shape index (κ1) is 15.5. The molecule has 1 aromatic rings. The minimum atomic E-state index is -0.292. The zero-order valence-corrected chi connectivity index (χ0v) is 13.4. The number of nitrogens with one attached hydrogen (secondary N) is 1. The van der Waals surface area contributed by atoms with E-state index in [-0.39, 0.29) is 29.8 Å². The fourth-order valence-corrected chi connectivity index (χ4v) is 2.83. The molecule has 1 aliphatic carbocycles. The van der Waals surface area contributed by atoms with Crippen LogP contribution < -0.4 is 10.1 Å². The molecule has 0 saturated heterocycles. The molecular formula is C17H23NO3. The largest absolute Gasteiger partial charge is 0.483 e. The van der Waals surface area contributed by atoms with Gasteiger partial charge in [0, 0.05) is 12.0 Å². The maximum Gasteiger partial charge on any atom is 0.258 e. The molecule has 1 atom stereocenters. The van der Waals surface area contributed by atoms with Crippen molar-refractivity contribution >= 4 is 11.7 Å². The minimum absolute atomic E-state index is 0.0750. The summed E-state index contributed by atoms with van der Waals surface area (Å²) in [5.41, 5.74) is 2.54. The molecule has 4 nitrogen and oxygen atoms in total. The van der Waals surface area contributed by atoms with E-state index in [4.69, 9.17) is 4.74 Å². The summed E-state index contributed by atoms with van der Waals surface area (Å²) in [7, 11) is 0. The fourth-order valence-electron chi connectivity index (χ4n) is 2.83. The molecule has 21 heavy (non-hydrogen) atoms. The SMILES string of the molecule is Cc1ccc(OCC(=O)NC(C)(C)C)c2c1[C@H](C)CC2=O. The Kier molecular flexibility index (Phi) is 4.08. The molecule has 2 rings (SSSR count). The van der Waals surface area contributed by atoms with Gasteiger partial charge in [0.1, 0.15) is 5.75 Å². The van der Waals surface area contributed by atoms with Gasteiger partial charge in [-0.2, -0.15) is 0 Å². The normalized spacial score (nSPS) is 17.6. The molecule has 4 heteroatoms. The highest BCUT2D eigenvalue weighted by Crippen LogP contribution is 2.40. The van der Waals surface area contributed by atoms with Crippen LogP contribution in [0.4, 0.5) is 0 Å². The molecule has 0 spiro atoms. The van der Waals surface area contributed by atoms with Crippen molar-refractivity contribution in [3.63, 3.8) is 0 Å². The Labute approximate surface area is 125 Å². The van der Waals surface area contributed by atoms with Crippen LogP contribution in [-0.4, -0.2) is 23.8 Å². The second-order valence-corrected chi connectivity index (χ2v) is 6.78. The maximum absolute atomic E-state index is 12.1. The van der Waals surface area contributed by atoms with E-state index in [2.05, 4.69) is 5.32 Å². The van der Waals surface area contributed by atoms with Crippen molar-refractivity contribution in [2.75, 3.05) is 6.61 Å². The Morgan fingerprint density at radius 3 is 2.67 bits per heavy atom. The van der Waals surface area contributed by atoms with Gasteiger partial charge in [0.25, 0.3) is 5.91 Å². The number of ketones is 1. The first-order chi connectivity index (χ1) is 9.69. The van der Waals surface area contributed by atoms with Gasteiger partial charge in [0.2, 0.25) is 0 Å².